The van der Waals surface area contributed by atoms with Gasteiger partial charge in [0.1, 0.15) is 0 Å². The molecule has 0 bridgehead atoms. The third-order valence-electron chi connectivity index (χ3n) is 6.17. The summed E-state index contributed by atoms with van der Waals surface area (Å²) in [6, 6.07) is 0. The third kappa shape index (κ3) is 5.66. The molecule has 0 saturated heterocycles. The molecule has 0 aliphatic heterocycles. The van der Waals surface area contributed by atoms with Crippen LogP contribution in [0.5, 0.6) is 0 Å². The average molecular weight is 902 g/mol. The number of hydrogen-bond acceptors (Lipinski definition) is 1. The summed E-state index contributed by atoms with van der Waals surface area (Å²) in [7, 11) is -11.3. The van der Waals surface area contributed by atoms with E-state index in [9.17, 15) is 154 Å². The van der Waals surface area contributed by atoms with Gasteiger partial charge in [-0.1, -0.05) is 0 Å². The summed E-state index contributed by atoms with van der Waals surface area (Å²) in [5.41, 5.74) is -19.8. The Labute approximate surface area is 262 Å². The van der Waals surface area contributed by atoms with E-state index >= 15 is 0 Å². The zero-order valence-corrected chi connectivity index (χ0v) is 23.0. The maximum absolute atomic E-state index is 14.0. The fourth-order valence-corrected chi connectivity index (χ4v) is 4.26. The summed E-state index contributed by atoms with van der Waals surface area (Å²) in [6.45, 7) is 0. The molecule has 0 amide bonds. The predicted molar refractivity (Wildman–Crippen MR) is 91.2 cm³/mol. The van der Waals surface area contributed by atoms with E-state index in [1.807, 2.05) is 0 Å². The van der Waals surface area contributed by atoms with Crippen molar-refractivity contribution >= 4 is 7.37 Å². The van der Waals surface area contributed by atoms with Gasteiger partial charge >= 0.3 is 102 Å². The summed E-state index contributed by atoms with van der Waals surface area (Å²) in [5.74, 6) is -116. The fraction of sp³-hybridized carbons (Fsp3) is 1.00. The topological polar surface area (TPSA) is 37.3 Å². The van der Waals surface area contributed by atoms with Crippen LogP contribution in [0.4, 0.5) is 149 Å². The van der Waals surface area contributed by atoms with Crippen LogP contribution in [0.3, 0.4) is 0 Å². The molecule has 0 aromatic carbocycles. The van der Waals surface area contributed by atoms with Crippen LogP contribution in [0.1, 0.15) is 0 Å². The number of alkyl halides is 34. The van der Waals surface area contributed by atoms with E-state index in [0.29, 0.717) is 0 Å². The highest BCUT2D eigenvalue weighted by Gasteiger charge is 3.01. The van der Waals surface area contributed by atoms with Gasteiger partial charge < -0.3 is 4.89 Å². The van der Waals surface area contributed by atoms with Crippen molar-refractivity contribution in [2.75, 3.05) is 0 Å². The largest absolute Gasteiger partial charge is 0.460 e. The Kier molecular flexibility index (Phi) is 11.4. The fourth-order valence-electron chi connectivity index (χ4n) is 2.87. The highest BCUT2D eigenvalue weighted by atomic mass is 31.2. The normalized spacial score (nSPS) is 17.4. The first-order valence-electron chi connectivity index (χ1n) is 10.8. The molecular formula is C16HF34O2P. The molecular weight excluding hydrogens is 901 g/mol. The summed E-state index contributed by atoms with van der Waals surface area (Å²) in [6.07, 6.45) is -16.8. The Morgan fingerprint density at radius 3 is 0.472 bits per heavy atom. The first-order chi connectivity index (χ1) is 22.0. The zero-order valence-electron chi connectivity index (χ0n) is 22.2. The van der Waals surface area contributed by atoms with E-state index < -0.39 is 102 Å². The number of hydrogen-bond donors (Lipinski definition) is 1. The van der Waals surface area contributed by atoms with Crippen molar-refractivity contribution in [2.45, 2.75) is 94.8 Å². The second-order valence-electron chi connectivity index (χ2n) is 9.55. The summed E-state index contributed by atoms with van der Waals surface area (Å²) < 4.78 is 461. The van der Waals surface area contributed by atoms with Crippen molar-refractivity contribution in [1.82, 2.24) is 0 Å². The summed E-state index contributed by atoms with van der Waals surface area (Å²) in [4.78, 5) is 8.43. The van der Waals surface area contributed by atoms with Crippen LogP contribution in [0.25, 0.3) is 0 Å². The zero-order chi connectivity index (χ0) is 44.5. The molecule has 0 fully saturated rings. The Morgan fingerprint density at radius 2 is 0.340 bits per heavy atom. The van der Waals surface area contributed by atoms with Crippen LogP contribution < -0.4 is 0 Å². The van der Waals surface area contributed by atoms with Gasteiger partial charge in [-0.25, -0.2) is 0 Å². The quantitative estimate of drug-likeness (QED) is 0.139. The number of rotatable bonds is 14. The van der Waals surface area contributed by atoms with E-state index in [-0.39, 0.29) is 0 Å². The minimum absolute atomic E-state index is 8.40. The van der Waals surface area contributed by atoms with Gasteiger partial charge in [-0.3, -0.25) is 4.57 Å². The van der Waals surface area contributed by atoms with E-state index in [1.165, 1.54) is 0 Å². The molecule has 53 heavy (non-hydrogen) atoms. The van der Waals surface area contributed by atoms with Crippen molar-refractivity contribution < 1.29 is 159 Å². The lowest BCUT2D eigenvalue weighted by Crippen LogP contribution is -2.75. The second kappa shape index (κ2) is 11.9. The third-order valence-corrected chi connectivity index (χ3v) is 8.26. The monoisotopic (exact) mass is 902 g/mol. The minimum Gasteiger partial charge on any atom is -0.336 e. The van der Waals surface area contributed by atoms with E-state index in [1.54, 1.807) is 0 Å². The van der Waals surface area contributed by atoms with Crippen molar-refractivity contribution in [1.29, 1.82) is 0 Å². The SMILES string of the molecule is O=P(O)(C(F)(F)C(F)(F)C(F)(F)C(F)(F)C(F)(F)C(F)(F)C(F)(F)C(F)(F)F)C(F)(F)C(F)(F)C(F)(F)C(F)(F)C(F)(F)C(F)(F)C(F)(F)C(F)(F)F. The van der Waals surface area contributed by atoms with Crippen molar-refractivity contribution in [3.05, 3.63) is 0 Å². The van der Waals surface area contributed by atoms with E-state index in [2.05, 4.69) is 0 Å². The van der Waals surface area contributed by atoms with Crippen LogP contribution in [-0.4, -0.2) is 99.6 Å². The molecule has 0 aromatic rings. The van der Waals surface area contributed by atoms with Crippen molar-refractivity contribution in [2.24, 2.45) is 0 Å². The average Bonchev–Trinajstić information content (AvgIpc) is 2.89. The van der Waals surface area contributed by atoms with Gasteiger partial charge in [-0.15, -0.1) is 0 Å². The van der Waals surface area contributed by atoms with E-state index in [4.69, 9.17) is 4.89 Å². The highest BCUT2D eigenvalue weighted by molar-refractivity contribution is 7.60. The molecule has 0 spiro atoms. The lowest BCUT2D eigenvalue weighted by molar-refractivity contribution is -0.460. The molecule has 37 heteroatoms. The van der Waals surface area contributed by atoms with Crippen LogP contribution >= 0.6 is 7.37 Å². The molecule has 0 heterocycles. The van der Waals surface area contributed by atoms with Crippen LogP contribution in [0.2, 0.25) is 0 Å². The lowest BCUT2D eigenvalue weighted by Gasteiger charge is -2.45. The molecule has 0 aliphatic rings. The molecule has 0 saturated carbocycles. The molecule has 320 valence electrons. The highest BCUT2D eigenvalue weighted by Crippen LogP contribution is 2.79. The maximum atomic E-state index is 14.0. The molecule has 0 rings (SSSR count). The Bertz CT molecular complexity index is 1310. The molecule has 0 aromatic heterocycles. The smallest absolute Gasteiger partial charge is 0.336 e. The molecule has 0 atom stereocenters. The Balaban J connectivity index is 7.80. The predicted octanol–water partition coefficient (Wildman–Crippen LogP) is 11.2. The van der Waals surface area contributed by atoms with Gasteiger partial charge in [-0.05, 0) is 0 Å². The minimum atomic E-state index is -11.3. The standard InChI is InChI=1S/C16HF34O2P/c17-1(18,5(25,26)9(33,34)13(41,42)43)3(21,22)7(29,30)11(37,38)15(47,48)53(51,52)16(49,50)12(39,40)8(31,32)4(23,24)2(19,20)6(27,28)10(35,36)14(44,45)46/h(H,51,52). The van der Waals surface area contributed by atoms with Crippen LogP contribution in [0, 0.1) is 0 Å². The van der Waals surface area contributed by atoms with Gasteiger partial charge in [0.05, 0.1) is 0 Å². The molecule has 0 radical (unpaired) electrons. The summed E-state index contributed by atoms with van der Waals surface area (Å²) >= 11 is 0. The van der Waals surface area contributed by atoms with Gasteiger partial charge in [0.25, 0.3) is 0 Å². The summed E-state index contributed by atoms with van der Waals surface area (Å²) in [5, 5.41) is 0. The van der Waals surface area contributed by atoms with E-state index in [0.717, 1.165) is 0 Å². The lowest BCUT2D eigenvalue weighted by atomic mass is 9.91. The number of halogens is 34. The molecule has 0 unspecified atom stereocenters. The van der Waals surface area contributed by atoms with Gasteiger partial charge in [0, 0.05) is 0 Å². The van der Waals surface area contributed by atoms with Gasteiger partial charge in [-0.2, -0.15) is 149 Å². The van der Waals surface area contributed by atoms with Crippen molar-refractivity contribution in [3.63, 3.8) is 0 Å². The molecule has 0 aliphatic carbocycles. The van der Waals surface area contributed by atoms with Crippen molar-refractivity contribution in [3.8, 4) is 0 Å². The Hall–Kier alpha value is -2.19. The van der Waals surface area contributed by atoms with Crippen LogP contribution in [0.15, 0.2) is 0 Å². The van der Waals surface area contributed by atoms with Gasteiger partial charge in [0.15, 0.2) is 0 Å². The Morgan fingerprint density at radius 1 is 0.226 bits per heavy atom. The molecule has 1 N–H and O–H groups in total. The van der Waals surface area contributed by atoms with Crippen LogP contribution in [-0.2, 0) is 4.57 Å². The molecule has 2 nitrogen and oxygen atoms in total. The second-order valence-corrected chi connectivity index (χ2v) is 11.8. The first kappa shape index (κ1) is 50.8. The van der Waals surface area contributed by atoms with Gasteiger partial charge in [0.2, 0.25) is 0 Å². The maximum Gasteiger partial charge on any atom is 0.460 e. The first-order valence-corrected chi connectivity index (χ1v) is 12.4.